The SMILES string of the molecule is Cn1cc(-c2cc(NS(C)(=O)=O)c(C(=O)NCCCCN3CCC(Nc4cccc5c4CN(C4CCC(=O)NC4=O)C5=O)CC3)cc2Oc2ccccc2)c2cc(C(=O)NCCNC(=O)OC(C)(C)C)[nH]c2c1=O. The number of likely N-dealkylation sites (tertiary alicyclic amines) is 1. The molecule has 74 heavy (non-hydrogen) atoms. The lowest BCUT2D eigenvalue weighted by Crippen LogP contribution is -2.52. The molecule has 0 saturated carbocycles. The number of piperidine rings is 2. The molecule has 2 saturated heterocycles. The number of pyridine rings is 1. The van der Waals surface area contributed by atoms with E-state index < -0.39 is 51.0 Å². The number of carbonyl (C=O) groups is 6. The van der Waals surface area contributed by atoms with Crippen molar-refractivity contribution in [3.63, 3.8) is 0 Å². The number of rotatable bonds is 18. The second-order valence-corrected chi connectivity index (χ2v) is 21.5. The number of carbonyl (C=O) groups excluding carboxylic acids is 6. The third-order valence-corrected chi connectivity index (χ3v) is 13.5. The van der Waals surface area contributed by atoms with E-state index in [1.807, 2.05) is 18.2 Å². The zero-order chi connectivity index (χ0) is 52.9. The molecule has 0 radical (unpaired) electrons. The number of hydrogen-bond acceptors (Lipinski definition) is 13. The number of nitrogens with one attached hydrogen (secondary N) is 7. The molecule has 7 N–H and O–H groups in total. The minimum atomic E-state index is -3.94. The highest BCUT2D eigenvalue weighted by Gasteiger charge is 2.40. The fourth-order valence-corrected chi connectivity index (χ4v) is 9.95. The van der Waals surface area contributed by atoms with E-state index in [1.54, 1.807) is 62.2 Å². The number of aromatic amines is 1. The van der Waals surface area contributed by atoms with Crippen molar-refractivity contribution in [2.24, 2.45) is 7.05 Å². The number of hydrogen-bond donors (Lipinski definition) is 7. The molecule has 5 heterocycles. The van der Waals surface area contributed by atoms with E-state index in [4.69, 9.17) is 9.47 Å². The first-order valence-electron chi connectivity index (χ1n) is 24.6. The standard InChI is InChI=1S/C52H62N10O11S/c1-52(2,3)73-51(69)55-22-21-54-47(65)41-27-35-37(29-60(4)50(68)45(35)57-41)34-26-40(59-74(5,70)71)36(28-43(34)72-32-12-7-6-8-13-32)46(64)53-20-9-10-23-61-24-18-31(19-25-61)56-39-15-11-14-33-38(39)30-62(49(33)67)42-16-17-44(63)58-48(42)66/h6-8,11-15,26-29,31,42,56-57,59H,9-10,16-25,30H2,1-5H3,(H,53,64)(H,54,65)(H,55,69)(H,58,63,66). The average Bonchev–Trinajstić information content (AvgIpc) is 3.94. The van der Waals surface area contributed by atoms with Gasteiger partial charge in [0.05, 0.1) is 17.5 Å². The Morgan fingerprint density at radius 2 is 1.54 bits per heavy atom. The predicted molar refractivity (Wildman–Crippen MR) is 278 cm³/mol. The molecule has 21 nitrogen and oxygen atoms in total. The molecule has 3 aromatic carbocycles. The maximum Gasteiger partial charge on any atom is 0.407 e. The van der Waals surface area contributed by atoms with Crippen LogP contribution in [0.5, 0.6) is 11.5 Å². The third-order valence-electron chi connectivity index (χ3n) is 12.9. The molecule has 6 amide bonds. The van der Waals surface area contributed by atoms with E-state index in [1.165, 1.54) is 29.8 Å². The van der Waals surface area contributed by atoms with Crippen LogP contribution in [0.2, 0.25) is 0 Å². The van der Waals surface area contributed by atoms with Crippen LogP contribution in [-0.2, 0) is 37.9 Å². The monoisotopic (exact) mass is 1030 g/mol. The van der Waals surface area contributed by atoms with Crippen LogP contribution in [0.4, 0.5) is 16.2 Å². The van der Waals surface area contributed by atoms with Crippen molar-refractivity contribution >= 4 is 67.9 Å². The van der Waals surface area contributed by atoms with Crippen molar-refractivity contribution in [3.8, 4) is 22.6 Å². The zero-order valence-electron chi connectivity index (χ0n) is 42.0. The number of ether oxygens (including phenoxy) is 2. The molecule has 0 spiro atoms. The van der Waals surface area contributed by atoms with Gasteiger partial charge >= 0.3 is 6.09 Å². The second kappa shape index (κ2) is 22.2. The summed E-state index contributed by atoms with van der Waals surface area (Å²) in [5.74, 6) is -1.50. The van der Waals surface area contributed by atoms with Crippen molar-refractivity contribution in [3.05, 3.63) is 106 Å². The lowest BCUT2D eigenvalue weighted by atomic mass is 9.99. The van der Waals surface area contributed by atoms with Crippen LogP contribution in [0.3, 0.4) is 0 Å². The number of sulfonamides is 1. The molecule has 2 aromatic heterocycles. The van der Waals surface area contributed by atoms with Gasteiger partial charge in [-0.1, -0.05) is 24.3 Å². The molecule has 22 heteroatoms. The van der Waals surface area contributed by atoms with Crippen LogP contribution < -0.4 is 41.6 Å². The van der Waals surface area contributed by atoms with E-state index in [-0.39, 0.29) is 65.6 Å². The van der Waals surface area contributed by atoms with Gasteiger partial charge in [-0.05, 0) is 102 Å². The largest absolute Gasteiger partial charge is 0.457 e. The fourth-order valence-electron chi connectivity index (χ4n) is 9.38. The molecule has 1 unspecified atom stereocenters. The highest BCUT2D eigenvalue weighted by Crippen LogP contribution is 2.41. The Hall–Kier alpha value is -7.72. The van der Waals surface area contributed by atoms with E-state index >= 15 is 0 Å². The van der Waals surface area contributed by atoms with Gasteiger partial charge in [-0.3, -0.25) is 38.8 Å². The average molecular weight is 1040 g/mol. The number of fused-ring (bicyclic) bond motifs is 2. The Bertz CT molecular complexity index is 3160. The number of unbranched alkanes of at least 4 members (excludes halogenated alkanes) is 1. The Morgan fingerprint density at radius 3 is 2.26 bits per heavy atom. The molecule has 0 aliphatic carbocycles. The van der Waals surface area contributed by atoms with Crippen molar-refractivity contribution in [1.82, 2.24) is 40.6 Å². The van der Waals surface area contributed by atoms with Crippen LogP contribution in [0, 0.1) is 0 Å². The number of para-hydroxylation sites is 1. The molecule has 2 fully saturated rings. The summed E-state index contributed by atoms with van der Waals surface area (Å²) in [7, 11) is -2.41. The Balaban J connectivity index is 0.918. The van der Waals surface area contributed by atoms with E-state index in [0.29, 0.717) is 53.8 Å². The topological polar surface area (TPSA) is 271 Å². The highest BCUT2D eigenvalue weighted by atomic mass is 32.2. The summed E-state index contributed by atoms with van der Waals surface area (Å²) in [5.41, 5.74) is 1.93. The van der Waals surface area contributed by atoms with Crippen LogP contribution in [0.1, 0.15) is 96.1 Å². The minimum absolute atomic E-state index is 0.00743. The van der Waals surface area contributed by atoms with Gasteiger partial charge in [0.25, 0.3) is 23.3 Å². The number of aromatic nitrogens is 2. The second-order valence-electron chi connectivity index (χ2n) is 19.8. The third kappa shape index (κ3) is 12.7. The van der Waals surface area contributed by atoms with Crippen LogP contribution in [0.15, 0.2) is 77.7 Å². The number of aryl methyl sites for hydroxylation is 1. The first-order chi connectivity index (χ1) is 35.2. The van der Waals surface area contributed by atoms with Crippen molar-refractivity contribution in [1.29, 1.82) is 0 Å². The van der Waals surface area contributed by atoms with Crippen molar-refractivity contribution in [2.45, 2.75) is 83.5 Å². The summed E-state index contributed by atoms with van der Waals surface area (Å²) < 4.78 is 41.2. The summed E-state index contributed by atoms with van der Waals surface area (Å²) in [6.07, 6.45) is 5.52. The molecule has 5 aromatic rings. The maximum absolute atomic E-state index is 14.1. The Kier molecular flexibility index (Phi) is 15.8. The lowest BCUT2D eigenvalue weighted by Gasteiger charge is -2.33. The summed E-state index contributed by atoms with van der Waals surface area (Å²) in [4.78, 5) is 97.5. The molecule has 3 aliphatic rings. The Labute approximate surface area is 428 Å². The van der Waals surface area contributed by atoms with Crippen LogP contribution in [0.25, 0.3) is 22.0 Å². The van der Waals surface area contributed by atoms with Gasteiger partial charge in [0.1, 0.15) is 34.4 Å². The normalized spacial score (nSPS) is 16.4. The predicted octanol–water partition coefficient (Wildman–Crippen LogP) is 4.80. The van der Waals surface area contributed by atoms with Gasteiger partial charge < -0.3 is 50.1 Å². The first-order valence-corrected chi connectivity index (χ1v) is 26.5. The fraction of sp³-hybridized carbons (Fsp3) is 0.404. The smallest absolute Gasteiger partial charge is 0.407 e. The van der Waals surface area contributed by atoms with Crippen LogP contribution in [-0.4, -0.2) is 127 Å². The van der Waals surface area contributed by atoms with Crippen LogP contribution >= 0.6 is 0 Å². The van der Waals surface area contributed by atoms with Gasteiger partial charge in [-0.2, -0.15) is 0 Å². The van der Waals surface area contributed by atoms with Gasteiger partial charge in [-0.15, -0.1) is 0 Å². The number of imide groups is 1. The molecule has 0 bridgehead atoms. The van der Waals surface area contributed by atoms with Gasteiger partial charge in [0, 0.05) is 98.3 Å². The number of nitrogens with zero attached hydrogens (tertiary/aromatic N) is 3. The summed E-state index contributed by atoms with van der Waals surface area (Å²) in [6.45, 7) is 8.39. The van der Waals surface area contributed by atoms with E-state index in [0.717, 1.165) is 56.4 Å². The van der Waals surface area contributed by atoms with Gasteiger partial charge in [0.2, 0.25) is 21.8 Å². The highest BCUT2D eigenvalue weighted by molar-refractivity contribution is 7.92. The van der Waals surface area contributed by atoms with Gasteiger partial charge in [0.15, 0.2) is 0 Å². The quantitative estimate of drug-likeness (QED) is 0.0460. The van der Waals surface area contributed by atoms with Gasteiger partial charge in [-0.25, -0.2) is 13.2 Å². The maximum atomic E-state index is 14.1. The molecule has 8 rings (SSSR count). The molecular formula is C52H62N10O11S. The minimum Gasteiger partial charge on any atom is -0.457 e. The molecule has 1 atom stereocenters. The van der Waals surface area contributed by atoms with E-state index in [9.17, 15) is 42.0 Å². The van der Waals surface area contributed by atoms with E-state index in [2.05, 4.69) is 41.2 Å². The number of H-pyrrole nitrogens is 1. The molecule has 392 valence electrons. The summed E-state index contributed by atoms with van der Waals surface area (Å²) in [6, 6.07) is 18.3. The number of amides is 6. The number of alkyl carbamates (subject to hydrolysis) is 1. The van der Waals surface area contributed by atoms with Crippen molar-refractivity contribution in [2.75, 3.05) is 55.6 Å². The first kappa shape index (κ1) is 52.6. The Morgan fingerprint density at radius 1 is 0.811 bits per heavy atom. The van der Waals surface area contributed by atoms with Crippen molar-refractivity contribution < 1.29 is 46.7 Å². The summed E-state index contributed by atoms with van der Waals surface area (Å²) in [5, 5.41) is 14.6. The number of benzene rings is 3. The molecular weight excluding hydrogens is 973 g/mol. The molecule has 3 aliphatic heterocycles. The zero-order valence-corrected chi connectivity index (χ0v) is 42.8. The lowest BCUT2D eigenvalue weighted by molar-refractivity contribution is -0.136. The summed E-state index contributed by atoms with van der Waals surface area (Å²) >= 11 is 0. The number of anilines is 2.